The fourth-order valence-corrected chi connectivity index (χ4v) is 3.34. The summed E-state index contributed by atoms with van der Waals surface area (Å²) in [5, 5.41) is 7.66. The fraction of sp³-hybridized carbons (Fsp3) is 0.500. The fourth-order valence-electron chi connectivity index (χ4n) is 3.34. The van der Waals surface area contributed by atoms with E-state index in [4.69, 9.17) is 0 Å². The van der Waals surface area contributed by atoms with Gasteiger partial charge in [0, 0.05) is 37.9 Å². The van der Waals surface area contributed by atoms with Gasteiger partial charge in [-0.1, -0.05) is 6.42 Å². The maximum absolute atomic E-state index is 11.9. The Morgan fingerprint density at radius 3 is 2.83 bits per heavy atom. The SMILES string of the molecule is O=C(NCc1cc2n(n1)CCN(Cc1ccncc1)C2)C1CCC1. The van der Waals surface area contributed by atoms with Crippen LogP contribution in [0.5, 0.6) is 0 Å². The Labute approximate surface area is 141 Å². The van der Waals surface area contributed by atoms with Gasteiger partial charge in [-0.05, 0) is 36.6 Å². The molecule has 0 saturated heterocycles. The highest BCUT2D eigenvalue weighted by Gasteiger charge is 2.25. The lowest BCUT2D eigenvalue weighted by Crippen LogP contribution is -2.34. The van der Waals surface area contributed by atoms with Crippen LogP contribution in [0.1, 0.15) is 36.2 Å². The van der Waals surface area contributed by atoms with Gasteiger partial charge in [0.25, 0.3) is 0 Å². The lowest BCUT2D eigenvalue weighted by molar-refractivity contribution is -0.127. The molecule has 4 rings (SSSR count). The van der Waals surface area contributed by atoms with E-state index in [-0.39, 0.29) is 11.8 Å². The highest BCUT2D eigenvalue weighted by atomic mass is 16.1. The van der Waals surface area contributed by atoms with Gasteiger partial charge in [0.2, 0.25) is 5.91 Å². The predicted molar refractivity (Wildman–Crippen MR) is 89.8 cm³/mol. The molecule has 1 aliphatic heterocycles. The normalized spacial score (nSPS) is 18.0. The molecule has 24 heavy (non-hydrogen) atoms. The zero-order chi connectivity index (χ0) is 16.4. The van der Waals surface area contributed by atoms with Crippen molar-refractivity contribution in [2.75, 3.05) is 6.54 Å². The van der Waals surface area contributed by atoms with Gasteiger partial charge >= 0.3 is 0 Å². The Morgan fingerprint density at radius 2 is 2.08 bits per heavy atom. The van der Waals surface area contributed by atoms with Gasteiger partial charge < -0.3 is 5.32 Å². The zero-order valence-electron chi connectivity index (χ0n) is 13.8. The first kappa shape index (κ1) is 15.3. The van der Waals surface area contributed by atoms with Crippen molar-refractivity contribution in [3.63, 3.8) is 0 Å². The molecular weight excluding hydrogens is 302 g/mol. The summed E-state index contributed by atoms with van der Waals surface area (Å²) in [7, 11) is 0. The summed E-state index contributed by atoms with van der Waals surface area (Å²) in [5.74, 6) is 0.421. The minimum Gasteiger partial charge on any atom is -0.350 e. The number of nitrogens with zero attached hydrogens (tertiary/aromatic N) is 4. The van der Waals surface area contributed by atoms with E-state index >= 15 is 0 Å². The molecule has 1 saturated carbocycles. The highest BCUT2D eigenvalue weighted by molar-refractivity contribution is 5.79. The van der Waals surface area contributed by atoms with Gasteiger partial charge in [-0.2, -0.15) is 5.10 Å². The van der Waals surface area contributed by atoms with Crippen LogP contribution < -0.4 is 5.32 Å². The number of carbonyl (C=O) groups is 1. The van der Waals surface area contributed by atoms with Crippen LogP contribution in [0.3, 0.4) is 0 Å². The number of amides is 1. The molecule has 0 atom stereocenters. The van der Waals surface area contributed by atoms with Crippen LogP contribution in [-0.4, -0.2) is 32.1 Å². The quantitative estimate of drug-likeness (QED) is 0.909. The van der Waals surface area contributed by atoms with Crippen LogP contribution in [0.2, 0.25) is 0 Å². The largest absolute Gasteiger partial charge is 0.350 e. The third kappa shape index (κ3) is 3.33. The summed E-state index contributed by atoms with van der Waals surface area (Å²) in [5.41, 5.74) is 3.47. The van der Waals surface area contributed by atoms with E-state index in [2.05, 4.69) is 43.2 Å². The van der Waals surface area contributed by atoms with Crippen LogP contribution in [-0.2, 0) is 31.0 Å². The highest BCUT2D eigenvalue weighted by Crippen LogP contribution is 2.26. The first-order valence-corrected chi connectivity index (χ1v) is 8.72. The van der Waals surface area contributed by atoms with Gasteiger partial charge in [-0.25, -0.2) is 0 Å². The molecule has 2 aromatic rings. The summed E-state index contributed by atoms with van der Waals surface area (Å²) in [6.07, 6.45) is 6.94. The van der Waals surface area contributed by atoms with E-state index in [1.807, 2.05) is 12.4 Å². The first-order valence-electron chi connectivity index (χ1n) is 8.72. The number of nitrogens with one attached hydrogen (secondary N) is 1. The average Bonchev–Trinajstić information content (AvgIpc) is 2.94. The zero-order valence-corrected chi connectivity index (χ0v) is 13.8. The lowest BCUT2D eigenvalue weighted by Gasteiger charge is -2.27. The molecule has 0 radical (unpaired) electrons. The van der Waals surface area contributed by atoms with Crippen molar-refractivity contribution < 1.29 is 4.79 Å². The average molecular weight is 325 g/mol. The third-order valence-corrected chi connectivity index (χ3v) is 5.00. The summed E-state index contributed by atoms with van der Waals surface area (Å²) < 4.78 is 2.08. The maximum atomic E-state index is 11.9. The van der Waals surface area contributed by atoms with E-state index in [9.17, 15) is 4.79 Å². The molecule has 0 aromatic carbocycles. The molecule has 0 unspecified atom stereocenters. The number of hydrogen-bond donors (Lipinski definition) is 1. The lowest BCUT2D eigenvalue weighted by atomic mass is 9.85. The van der Waals surface area contributed by atoms with Crippen LogP contribution in [0.25, 0.3) is 0 Å². The number of fused-ring (bicyclic) bond motifs is 1. The van der Waals surface area contributed by atoms with Gasteiger partial charge in [0.05, 0.1) is 24.5 Å². The van der Waals surface area contributed by atoms with E-state index < -0.39 is 0 Å². The Morgan fingerprint density at radius 1 is 1.25 bits per heavy atom. The monoisotopic (exact) mass is 325 g/mol. The molecule has 2 aliphatic rings. The maximum Gasteiger partial charge on any atom is 0.223 e. The second-order valence-corrected chi connectivity index (χ2v) is 6.76. The van der Waals surface area contributed by atoms with Crippen LogP contribution in [0.15, 0.2) is 30.6 Å². The van der Waals surface area contributed by atoms with Gasteiger partial charge in [0.15, 0.2) is 0 Å². The molecular formula is C18H23N5O. The Kier molecular flexibility index (Phi) is 4.30. The standard InChI is InChI=1S/C18H23N5O/c24-18(15-2-1-3-15)20-11-16-10-17-13-22(8-9-23(17)21-16)12-14-4-6-19-7-5-14/h4-7,10,15H,1-3,8-9,11-13H2,(H,20,24). The summed E-state index contributed by atoms with van der Waals surface area (Å²) in [4.78, 5) is 18.4. The summed E-state index contributed by atoms with van der Waals surface area (Å²) >= 11 is 0. The van der Waals surface area contributed by atoms with E-state index in [0.29, 0.717) is 6.54 Å². The van der Waals surface area contributed by atoms with Crippen LogP contribution in [0, 0.1) is 5.92 Å². The van der Waals surface area contributed by atoms with Crippen molar-refractivity contribution in [2.24, 2.45) is 5.92 Å². The Hall–Kier alpha value is -2.21. The molecule has 0 spiro atoms. The van der Waals surface area contributed by atoms with Crippen molar-refractivity contribution in [3.8, 4) is 0 Å². The third-order valence-electron chi connectivity index (χ3n) is 5.00. The molecule has 1 amide bonds. The number of pyridine rings is 1. The smallest absolute Gasteiger partial charge is 0.223 e. The van der Waals surface area contributed by atoms with Crippen LogP contribution in [0.4, 0.5) is 0 Å². The van der Waals surface area contributed by atoms with E-state index in [0.717, 1.165) is 44.7 Å². The van der Waals surface area contributed by atoms with Gasteiger partial charge in [0.1, 0.15) is 0 Å². The van der Waals surface area contributed by atoms with E-state index in [1.54, 1.807) is 0 Å². The summed E-state index contributed by atoms with van der Waals surface area (Å²) in [6.45, 7) is 4.26. The summed E-state index contributed by atoms with van der Waals surface area (Å²) in [6, 6.07) is 6.25. The minimum absolute atomic E-state index is 0.187. The molecule has 6 nitrogen and oxygen atoms in total. The Bertz CT molecular complexity index is 707. The van der Waals surface area contributed by atoms with Crippen molar-refractivity contribution in [2.45, 2.75) is 45.4 Å². The van der Waals surface area contributed by atoms with Crippen molar-refractivity contribution >= 4 is 5.91 Å². The van der Waals surface area contributed by atoms with Crippen molar-refractivity contribution in [1.29, 1.82) is 0 Å². The molecule has 2 aromatic heterocycles. The molecule has 1 N–H and O–H groups in total. The molecule has 0 bridgehead atoms. The molecule has 126 valence electrons. The number of rotatable bonds is 5. The second-order valence-electron chi connectivity index (χ2n) is 6.76. The first-order chi connectivity index (χ1) is 11.8. The molecule has 6 heteroatoms. The van der Waals surface area contributed by atoms with Crippen molar-refractivity contribution in [1.82, 2.24) is 25.0 Å². The predicted octanol–water partition coefficient (Wildman–Crippen LogP) is 1.71. The van der Waals surface area contributed by atoms with Gasteiger partial charge in [-0.3, -0.25) is 19.4 Å². The number of aromatic nitrogens is 3. The topological polar surface area (TPSA) is 63.1 Å². The van der Waals surface area contributed by atoms with E-state index in [1.165, 1.54) is 17.7 Å². The number of hydrogen-bond acceptors (Lipinski definition) is 4. The molecule has 1 aliphatic carbocycles. The molecule has 1 fully saturated rings. The second kappa shape index (κ2) is 6.73. The minimum atomic E-state index is 0.187. The Balaban J connectivity index is 1.34. The van der Waals surface area contributed by atoms with Gasteiger partial charge in [-0.15, -0.1) is 0 Å². The molecule has 3 heterocycles. The number of carbonyl (C=O) groups excluding carboxylic acids is 1. The van der Waals surface area contributed by atoms with Crippen molar-refractivity contribution in [3.05, 3.63) is 47.5 Å². The van der Waals surface area contributed by atoms with Crippen LogP contribution >= 0.6 is 0 Å².